The fourth-order valence-electron chi connectivity index (χ4n) is 2.24. The van der Waals surface area contributed by atoms with Crippen LogP contribution in [0, 0.1) is 5.92 Å². The number of pyridine rings is 1. The van der Waals surface area contributed by atoms with E-state index in [0.29, 0.717) is 17.1 Å². The van der Waals surface area contributed by atoms with Crippen molar-refractivity contribution in [2.24, 2.45) is 13.0 Å². The fraction of sp³-hybridized carbons (Fsp3) is 0.385. The molecular formula is C13H14N2O2. The highest BCUT2D eigenvalue weighted by atomic mass is 16.1. The lowest BCUT2D eigenvalue weighted by molar-refractivity contribution is 0.111. The van der Waals surface area contributed by atoms with Crippen molar-refractivity contribution in [2.75, 3.05) is 0 Å². The van der Waals surface area contributed by atoms with Gasteiger partial charge in [0.25, 0.3) is 5.56 Å². The predicted octanol–water partition coefficient (Wildman–Crippen LogP) is 1.56. The number of hydrogen-bond donors (Lipinski definition) is 0. The van der Waals surface area contributed by atoms with Gasteiger partial charge in [0, 0.05) is 25.2 Å². The smallest absolute Gasteiger partial charge is 0.274 e. The molecule has 0 atom stereocenters. The number of carbonyl (C=O) groups is 1. The molecule has 0 saturated heterocycles. The summed E-state index contributed by atoms with van der Waals surface area (Å²) >= 11 is 0. The second-order valence-corrected chi connectivity index (χ2v) is 4.78. The Balaban J connectivity index is 2.30. The number of hydrogen-bond acceptors (Lipinski definition) is 2. The zero-order valence-corrected chi connectivity index (χ0v) is 9.72. The van der Waals surface area contributed by atoms with Gasteiger partial charge >= 0.3 is 0 Å². The van der Waals surface area contributed by atoms with E-state index in [-0.39, 0.29) is 5.56 Å². The average molecular weight is 230 g/mol. The molecular weight excluding hydrogens is 216 g/mol. The van der Waals surface area contributed by atoms with Gasteiger partial charge < -0.3 is 9.13 Å². The normalized spacial score (nSPS) is 15.4. The highest BCUT2D eigenvalue weighted by molar-refractivity contribution is 5.88. The summed E-state index contributed by atoms with van der Waals surface area (Å²) in [7, 11) is 1.73. The molecule has 0 unspecified atom stereocenters. The summed E-state index contributed by atoms with van der Waals surface area (Å²) in [4.78, 5) is 23.2. The Hall–Kier alpha value is -1.84. The zero-order chi connectivity index (χ0) is 12.0. The third-order valence-corrected chi connectivity index (χ3v) is 3.42. The summed E-state index contributed by atoms with van der Waals surface area (Å²) in [6.07, 6.45) is 4.97. The lowest BCUT2D eigenvalue weighted by atomic mass is 10.3. The van der Waals surface area contributed by atoms with Crippen molar-refractivity contribution < 1.29 is 4.79 Å². The molecule has 0 bridgehead atoms. The fourth-order valence-corrected chi connectivity index (χ4v) is 2.24. The number of aryl methyl sites for hydroxylation is 1. The SMILES string of the molecule is Cn1ccc2cc(C=O)n(CC3CC3)c2c1=O. The van der Waals surface area contributed by atoms with Gasteiger partial charge in [-0.2, -0.15) is 0 Å². The van der Waals surface area contributed by atoms with Crippen molar-refractivity contribution in [3.05, 3.63) is 34.4 Å². The van der Waals surface area contributed by atoms with Crippen LogP contribution >= 0.6 is 0 Å². The van der Waals surface area contributed by atoms with Gasteiger partial charge in [0.05, 0.1) is 5.69 Å². The van der Waals surface area contributed by atoms with Gasteiger partial charge in [0.1, 0.15) is 5.52 Å². The molecule has 1 saturated carbocycles. The van der Waals surface area contributed by atoms with E-state index < -0.39 is 0 Å². The summed E-state index contributed by atoms with van der Waals surface area (Å²) in [5.74, 6) is 0.634. The van der Waals surface area contributed by atoms with Crippen LogP contribution in [0.4, 0.5) is 0 Å². The Labute approximate surface area is 98.5 Å². The number of rotatable bonds is 3. The van der Waals surface area contributed by atoms with Crippen LogP contribution in [0.25, 0.3) is 10.9 Å². The number of carbonyl (C=O) groups excluding carboxylic acids is 1. The Kier molecular flexibility index (Phi) is 2.18. The van der Waals surface area contributed by atoms with E-state index in [4.69, 9.17) is 0 Å². The summed E-state index contributed by atoms with van der Waals surface area (Å²) < 4.78 is 3.43. The van der Waals surface area contributed by atoms with Crippen LogP contribution in [-0.4, -0.2) is 15.4 Å². The maximum atomic E-state index is 12.1. The van der Waals surface area contributed by atoms with Crippen LogP contribution in [0.3, 0.4) is 0 Å². The minimum atomic E-state index is -0.0312. The van der Waals surface area contributed by atoms with Crippen molar-refractivity contribution in [1.82, 2.24) is 9.13 Å². The van der Waals surface area contributed by atoms with Crippen molar-refractivity contribution in [3.8, 4) is 0 Å². The van der Waals surface area contributed by atoms with E-state index >= 15 is 0 Å². The Morgan fingerprint density at radius 2 is 2.24 bits per heavy atom. The summed E-state index contributed by atoms with van der Waals surface area (Å²) in [6.45, 7) is 0.789. The first kappa shape index (κ1) is 10.3. The largest absolute Gasteiger partial charge is 0.334 e. The van der Waals surface area contributed by atoms with Gasteiger partial charge in [-0.05, 0) is 30.9 Å². The number of aromatic nitrogens is 2. The first-order valence-corrected chi connectivity index (χ1v) is 5.85. The molecule has 4 heteroatoms. The molecule has 4 nitrogen and oxygen atoms in total. The van der Waals surface area contributed by atoms with Crippen molar-refractivity contribution in [2.45, 2.75) is 19.4 Å². The quantitative estimate of drug-likeness (QED) is 0.751. The molecule has 88 valence electrons. The molecule has 0 aliphatic heterocycles. The number of aldehydes is 1. The molecule has 0 spiro atoms. The van der Waals surface area contributed by atoms with Crippen LogP contribution in [0.2, 0.25) is 0 Å². The second kappa shape index (κ2) is 3.58. The first-order chi connectivity index (χ1) is 8.20. The van der Waals surface area contributed by atoms with Crippen LogP contribution in [0.1, 0.15) is 23.3 Å². The molecule has 1 aliphatic carbocycles. The van der Waals surface area contributed by atoms with Crippen molar-refractivity contribution >= 4 is 17.2 Å². The predicted molar refractivity (Wildman–Crippen MR) is 65.3 cm³/mol. The van der Waals surface area contributed by atoms with E-state index in [0.717, 1.165) is 18.2 Å². The molecule has 2 aromatic heterocycles. The number of nitrogens with zero attached hydrogens (tertiary/aromatic N) is 2. The Bertz CT molecular complexity index is 647. The molecule has 2 aromatic rings. The second-order valence-electron chi connectivity index (χ2n) is 4.78. The van der Waals surface area contributed by atoms with Crippen LogP contribution in [-0.2, 0) is 13.6 Å². The molecule has 1 aliphatic rings. The van der Waals surface area contributed by atoms with Gasteiger partial charge in [-0.1, -0.05) is 0 Å². The van der Waals surface area contributed by atoms with Crippen LogP contribution < -0.4 is 5.56 Å². The summed E-state index contributed by atoms with van der Waals surface area (Å²) in [5.41, 5.74) is 1.23. The van der Waals surface area contributed by atoms with E-state index in [1.54, 1.807) is 23.9 Å². The van der Waals surface area contributed by atoms with Crippen LogP contribution in [0.5, 0.6) is 0 Å². The third-order valence-electron chi connectivity index (χ3n) is 3.42. The number of fused-ring (bicyclic) bond motifs is 1. The molecule has 3 rings (SSSR count). The van der Waals surface area contributed by atoms with Crippen LogP contribution in [0.15, 0.2) is 23.1 Å². The zero-order valence-electron chi connectivity index (χ0n) is 9.72. The molecule has 0 aromatic carbocycles. The maximum absolute atomic E-state index is 12.1. The van der Waals surface area contributed by atoms with Crippen molar-refractivity contribution in [1.29, 1.82) is 0 Å². The highest BCUT2D eigenvalue weighted by Gasteiger charge is 2.24. The molecule has 1 fully saturated rings. The van der Waals surface area contributed by atoms with Gasteiger partial charge in [-0.3, -0.25) is 9.59 Å². The monoisotopic (exact) mass is 230 g/mol. The van der Waals surface area contributed by atoms with Gasteiger partial charge in [-0.15, -0.1) is 0 Å². The lowest BCUT2D eigenvalue weighted by Crippen LogP contribution is -2.19. The third kappa shape index (κ3) is 1.60. The molecule has 0 radical (unpaired) electrons. The van der Waals surface area contributed by atoms with E-state index in [2.05, 4.69) is 0 Å². The van der Waals surface area contributed by atoms with E-state index in [9.17, 15) is 9.59 Å². The van der Waals surface area contributed by atoms with E-state index in [1.807, 2.05) is 10.6 Å². The first-order valence-electron chi connectivity index (χ1n) is 5.85. The van der Waals surface area contributed by atoms with Gasteiger partial charge in [0.2, 0.25) is 0 Å². The van der Waals surface area contributed by atoms with Crippen molar-refractivity contribution in [3.63, 3.8) is 0 Å². The highest BCUT2D eigenvalue weighted by Crippen LogP contribution is 2.32. The average Bonchev–Trinajstić information content (AvgIpc) is 3.05. The maximum Gasteiger partial charge on any atom is 0.274 e. The Morgan fingerprint density at radius 3 is 2.88 bits per heavy atom. The summed E-state index contributed by atoms with van der Waals surface area (Å²) in [5, 5.41) is 0.857. The molecule has 17 heavy (non-hydrogen) atoms. The summed E-state index contributed by atoms with van der Waals surface area (Å²) in [6, 6.07) is 3.68. The van der Waals surface area contributed by atoms with Gasteiger partial charge in [0.15, 0.2) is 6.29 Å². The molecule has 2 heterocycles. The minimum Gasteiger partial charge on any atom is -0.334 e. The molecule has 0 N–H and O–H groups in total. The van der Waals surface area contributed by atoms with E-state index in [1.165, 1.54) is 12.8 Å². The standard InChI is InChI=1S/C13H14N2O2/c1-14-5-4-10-6-11(8-16)15(7-9-2-3-9)12(10)13(14)17/h4-6,8-9H,2-3,7H2,1H3. The van der Waals surface area contributed by atoms with Gasteiger partial charge in [-0.25, -0.2) is 0 Å². The molecule has 0 amide bonds. The minimum absolute atomic E-state index is 0.0312. The Morgan fingerprint density at radius 1 is 1.47 bits per heavy atom. The topological polar surface area (TPSA) is 44.0 Å². The lowest BCUT2D eigenvalue weighted by Gasteiger charge is -2.06.